The van der Waals surface area contributed by atoms with Crippen LogP contribution in [0, 0.1) is 0 Å². The number of aromatic nitrogens is 2. The quantitative estimate of drug-likeness (QED) is 0.458. The Bertz CT molecular complexity index is 994. The van der Waals surface area contributed by atoms with Gasteiger partial charge in [0.05, 0.1) is 11.4 Å². The Morgan fingerprint density at radius 3 is 2.66 bits per heavy atom. The second-order valence-electron chi connectivity index (χ2n) is 7.34. The van der Waals surface area contributed by atoms with Gasteiger partial charge in [-0.3, -0.25) is 9.89 Å². The van der Waals surface area contributed by atoms with Crippen LogP contribution in [0.4, 0.5) is 0 Å². The Labute approximate surface area is 182 Å². The molecule has 2 aromatic carbocycles. The van der Waals surface area contributed by atoms with Gasteiger partial charge >= 0.3 is 0 Å². The minimum atomic E-state index is -0.0186. The highest BCUT2D eigenvalue weighted by atomic mass is 35.5. The number of nitrogens with zero attached hydrogens (tertiary/aromatic N) is 1. The van der Waals surface area contributed by atoms with Crippen LogP contribution in [-0.4, -0.2) is 35.2 Å². The van der Waals surface area contributed by atoms with Gasteiger partial charge in [-0.05, 0) is 37.1 Å². The van der Waals surface area contributed by atoms with Crippen LogP contribution in [0.3, 0.4) is 0 Å². The maximum Gasteiger partial charge on any atom is 0.251 e. The average Bonchev–Trinajstić information content (AvgIpc) is 3.43. The Morgan fingerprint density at radius 1 is 1.10 bits per heavy atom. The van der Waals surface area contributed by atoms with Crippen LogP contribution in [0.25, 0.3) is 22.5 Å². The van der Waals surface area contributed by atoms with Crippen LogP contribution in [0.2, 0.25) is 0 Å². The minimum absolute atomic E-state index is 0. The standard InChI is InChI=1S/C22H22N4O.2ClH/c27-22(24-13-17-5-3-11-23-17)15-9-7-14(8-10-15)20-19-12-16-4-1-2-6-18(16)21(19)26-25-20;;/h1-2,4,6-10,17,23H,3,5,11-13H2,(H,24,27)(H,25,26);2*1H/t17-;;/m0../s1. The number of H-pyrrole nitrogens is 1. The van der Waals surface area contributed by atoms with Crippen molar-refractivity contribution in [1.29, 1.82) is 0 Å². The molecule has 29 heavy (non-hydrogen) atoms. The molecule has 2 aliphatic rings. The van der Waals surface area contributed by atoms with Crippen molar-refractivity contribution < 1.29 is 4.79 Å². The highest BCUT2D eigenvalue weighted by Crippen LogP contribution is 2.39. The average molecular weight is 431 g/mol. The van der Waals surface area contributed by atoms with E-state index in [0.29, 0.717) is 18.2 Å². The summed E-state index contributed by atoms with van der Waals surface area (Å²) in [6, 6.07) is 16.6. The SMILES string of the molecule is Cl.Cl.O=C(NC[C@@H]1CCCN1)c1ccc(-c2n[nH]c3c2Cc2ccccc2-3)cc1. The van der Waals surface area contributed by atoms with Gasteiger partial charge in [0.1, 0.15) is 0 Å². The molecular formula is C22H24Cl2N4O. The predicted octanol–water partition coefficient (Wildman–Crippen LogP) is 3.97. The monoisotopic (exact) mass is 430 g/mol. The fourth-order valence-electron chi connectivity index (χ4n) is 4.14. The van der Waals surface area contributed by atoms with E-state index in [2.05, 4.69) is 45.1 Å². The largest absolute Gasteiger partial charge is 0.350 e. The number of hydrogen-bond acceptors (Lipinski definition) is 3. The first-order valence-electron chi connectivity index (χ1n) is 9.57. The zero-order valence-corrected chi connectivity index (χ0v) is 17.5. The molecule has 0 radical (unpaired) electrons. The molecule has 0 saturated carbocycles. The number of hydrogen-bond donors (Lipinski definition) is 3. The predicted molar refractivity (Wildman–Crippen MR) is 120 cm³/mol. The fourth-order valence-corrected chi connectivity index (χ4v) is 4.14. The third-order valence-corrected chi connectivity index (χ3v) is 5.61. The van der Waals surface area contributed by atoms with Crippen molar-refractivity contribution in [2.45, 2.75) is 25.3 Å². The van der Waals surface area contributed by atoms with Gasteiger partial charge in [0.2, 0.25) is 0 Å². The molecule has 3 N–H and O–H groups in total. The number of fused-ring (bicyclic) bond motifs is 3. The summed E-state index contributed by atoms with van der Waals surface area (Å²) < 4.78 is 0. The van der Waals surface area contributed by atoms with Gasteiger partial charge < -0.3 is 10.6 Å². The molecule has 1 atom stereocenters. The number of halogens is 2. The third-order valence-electron chi connectivity index (χ3n) is 5.61. The van der Waals surface area contributed by atoms with E-state index < -0.39 is 0 Å². The Kier molecular flexibility index (Phi) is 6.63. The molecule has 7 heteroatoms. The summed E-state index contributed by atoms with van der Waals surface area (Å²) in [7, 11) is 0. The van der Waals surface area contributed by atoms with Crippen LogP contribution < -0.4 is 10.6 Å². The summed E-state index contributed by atoms with van der Waals surface area (Å²) in [4.78, 5) is 12.4. The zero-order valence-electron chi connectivity index (χ0n) is 15.9. The van der Waals surface area contributed by atoms with E-state index >= 15 is 0 Å². The second-order valence-corrected chi connectivity index (χ2v) is 7.34. The van der Waals surface area contributed by atoms with Crippen LogP contribution in [0.15, 0.2) is 48.5 Å². The Morgan fingerprint density at radius 2 is 1.90 bits per heavy atom. The van der Waals surface area contributed by atoms with Gasteiger partial charge in [0.25, 0.3) is 5.91 Å². The van der Waals surface area contributed by atoms with Crippen LogP contribution in [0.1, 0.15) is 34.3 Å². The molecule has 5 rings (SSSR count). The molecular weight excluding hydrogens is 407 g/mol. The van der Waals surface area contributed by atoms with Gasteiger partial charge in [-0.25, -0.2) is 0 Å². The molecule has 0 spiro atoms. The van der Waals surface area contributed by atoms with E-state index in [4.69, 9.17) is 0 Å². The van der Waals surface area contributed by atoms with Crippen molar-refractivity contribution in [1.82, 2.24) is 20.8 Å². The Hall–Kier alpha value is -2.34. The van der Waals surface area contributed by atoms with Crippen LogP contribution >= 0.6 is 24.8 Å². The van der Waals surface area contributed by atoms with E-state index in [9.17, 15) is 4.79 Å². The molecule has 3 aromatic rings. The summed E-state index contributed by atoms with van der Waals surface area (Å²) in [6.07, 6.45) is 3.22. The first-order valence-corrected chi connectivity index (χ1v) is 9.57. The Balaban J connectivity index is 0.00000120. The summed E-state index contributed by atoms with van der Waals surface area (Å²) in [6.45, 7) is 1.73. The number of amides is 1. The molecule has 5 nitrogen and oxygen atoms in total. The normalized spacial score (nSPS) is 16.3. The molecule has 1 saturated heterocycles. The number of nitrogens with one attached hydrogen (secondary N) is 3. The second kappa shape index (κ2) is 8.99. The molecule has 1 aromatic heterocycles. The van der Waals surface area contributed by atoms with Crippen molar-refractivity contribution in [2.24, 2.45) is 0 Å². The lowest BCUT2D eigenvalue weighted by Gasteiger charge is -2.11. The summed E-state index contributed by atoms with van der Waals surface area (Å²) in [5.74, 6) is -0.0186. The molecule has 1 fully saturated rings. The van der Waals surface area contributed by atoms with Gasteiger partial charge in [-0.2, -0.15) is 5.10 Å². The van der Waals surface area contributed by atoms with Gasteiger partial charge in [-0.1, -0.05) is 36.4 Å². The van der Waals surface area contributed by atoms with Crippen molar-refractivity contribution in [3.63, 3.8) is 0 Å². The lowest BCUT2D eigenvalue weighted by atomic mass is 10.0. The molecule has 1 amide bonds. The topological polar surface area (TPSA) is 69.8 Å². The number of carbonyl (C=O) groups is 1. The third kappa shape index (κ3) is 4.04. The van der Waals surface area contributed by atoms with Gasteiger partial charge in [0.15, 0.2) is 0 Å². The molecule has 0 unspecified atom stereocenters. The van der Waals surface area contributed by atoms with Crippen LogP contribution in [-0.2, 0) is 6.42 Å². The summed E-state index contributed by atoms with van der Waals surface area (Å²) >= 11 is 0. The van der Waals surface area contributed by atoms with E-state index in [1.165, 1.54) is 23.1 Å². The van der Waals surface area contributed by atoms with E-state index in [-0.39, 0.29) is 30.7 Å². The van der Waals surface area contributed by atoms with Gasteiger partial charge in [-0.15, -0.1) is 24.8 Å². The van der Waals surface area contributed by atoms with Crippen molar-refractivity contribution in [3.05, 3.63) is 65.2 Å². The maximum atomic E-state index is 12.4. The molecule has 2 heterocycles. The lowest BCUT2D eigenvalue weighted by molar-refractivity contribution is 0.0950. The van der Waals surface area contributed by atoms with Crippen LogP contribution in [0.5, 0.6) is 0 Å². The fraction of sp³-hybridized carbons (Fsp3) is 0.273. The number of benzene rings is 2. The molecule has 0 bridgehead atoms. The highest BCUT2D eigenvalue weighted by molar-refractivity contribution is 5.94. The van der Waals surface area contributed by atoms with E-state index in [0.717, 1.165) is 36.3 Å². The number of rotatable bonds is 4. The summed E-state index contributed by atoms with van der Waals surface area (Å²) in [5.41, 5.74) is 7.62. The van der Waals surface area contributed by atoms with Crippen molar-refractivity contribution >= 4 is 30.7 Å². The minimum Gasteiger partial charge on any atom is -0.350 e. The zero-order chi connectivity index (χ0) is 18.2. The summed E-state index contributed by atoms with van der Waals surface area (Å²) in [5, 5.41) is 14.2. The smallest absolute Gasteiger partial charge is 0.251 e. The van der Waals surface area contributed by atoms with Crippen molar-refractivity contribution in [3.8, 4) is 22.5 Å². The van der Waals surface area contributed by atoms with Crippen molar-refractivity contribution in [2.75, 3.05) is 13.1 Å². The number of carbonyl (C=O) groups excluding carboxylic acids is 1. The molecule has 1 aliphatic heterocycles. The highest BCUT2D eigenvalue weighted by Gasteiger charge is 2.24. The number of aromatic amines is 1. The molecule has 152 valence electrons. The molecule has 1 aliphatic carbocycles. The first kappa shape index (κ1) is 21.4. The van der Waals surface area contributed by atoms with E-state index in [1.807, 2.05) is 24.3 Å². The van der Waals surface area contributed by atoms with Gasteiger partial charge in [0, 0.05) is 41.3 Å². The van der Waals surface area contributed by atoms with E-state index in [1.54, 1.807) is 0 Å². The first-order chi connectivity index (χ1) is 13.3. The maximum absolute atomic E-state index is 12.4. The lowest BCUT2D eigenvalue weighted by Crippen LogP contribution is -2.37.